The Morgan fingerprint density at radius 1 is 1.53 bits per heavy atom. The molecule has 0 saturated carbocycles. The minimum absolute atomic E-state index is 0.179. The molecule has 0 radical (unpaired) electrons. The van der Waals surface area contributed by atoms with Gasteiger partial charge in [0.25, 0.3) is 0 Å². The third-order valence-electron chi connectivity index (χ3n) is 4.30. The summed E-state index contributed by atoms with van der Waals surface area (Å²) in [5, 5.41) is 12.8. The number of carboxylic acid groups (broad SMARTS) is 1. The second-order valence-corrected chi connectivity index (χ2v) is 6.06. The van der Waals surface area contributed by atoms with Crippen LogP contribution in [0.2, 0.25) is 0 Å². The van der Waals surface area contributed by atoms with Crippen molar-refractivity contribution in [3.05, 3.63) is 0 Å². The molecule has 5 heteroatoms. The summed E-state index contributed by atoms with van der Waals surface area (Å²) >= 11 is 0. The lowest BCUT2D eigenvalue weighted by molar-refractivity contribution is -0.146. The minimum atomic E-state index is -0.836. The van der Waals surface area contributed by atoms with Gasteiger partial charge in [-0.2, -0.15) is 0 Å². The number of ether oxygens (including phenoxy) is 2. The second-order valence-electron chi connectivity index (χ2n) is 6.06. The summed E-state index contributed by atoms with van der Waals surface area (Å²) in [7, 11) is 0. The maximum absolute atomic E-state index is 11.5. The molecule has 2 aliphatic heterocycles. The molecule has 3 atom stereocenters. The van der Waals surface area contributed by atoms with Crippen molar-refractivity contribution in [2.75, 3.05) is 19.8 Å². The first kappa shape index (κ1) is 14.8. The van der Waals surface area contributed by atoms with Crippen molar-refractivity contribution in [1.29, 1.82) is 0 Å². The quantitative estimate of drug-likeness (QED) is 0.794. The molecule has 2 heterocycles. The van der Waals surface area contributed by atoms with E-state index in [-0.39, 0.29) is 11.6 Å². The topological polar surface area (TPSA) is 67.8 Å². The van der Waals surface area contributed by atoms with Crippen molar-refractivity contribution < 1.29 is 19.4 Å². The molecule has 5 nitrogen and oxygen atoms in total. The summed E-state index contributed by atoms with van der Waals surface area (Å²) in [6.07, 6.45) is 4.13. The summed E-state index contributed by atoms with van der Waals surface area (Å²) in [5.41, 5.74) is -1.01. The van der Waals surface area contributed by atoms with Crippen LogP contribution in [-0.4, -0.2) is 48.1 Å². The number of hydrogen-bond acceptors (Lipinski definition) is 4. The van der Waals surface area contributed by atoms with E-state index in [9.17, 15) is 9.90 Å². The third kappa shape index (κ3) is 3.27. The number of carbonyl (C=O) groups is 1. The predicted octanol–water partition coefficient (Wildman–Crippen LogP) is 1.56. The first-order valence-electron chi connectivity index (χ1n) is 7.22. The zero-order valence-electron chi connectivity index (χ0n) is 11.9. The third-order valence-corrected chi connectivity index (χ3v) is 4.30. The first-order valence-corrected chi connectivity index (χ1v) is 7.22. The van der Waals surface area contributed by atoms with Gasteiger partial charge >= 0.3 is 5.97 Å². The molecule has 0 aromatic carbocycles. The van der Waals surface area contributed by atoms with E-state index in [1.165, 1.54) is 0 Å². The molecule has 2 aliphatic rings. The molecule has 110 valence electrons. The van der Waals surface area contributed by atoms with Gasteiger partial charge in [-0.25, -0.2) is 0 Å². The predicted molar refractivity (Wildman–Crippen MR) is 71.2 cm³/mol. The maximum atomic E-state index is 11.5. The van der Waals surface area contributed by atoms with Gasteiger partial charge in [-0.05, 0) is 26.2 Å². The van der Waals surface area contributed by atoms with Gasteiger partial charge in [-0.3, -0.25) is 10.1 Å². The zero-order valence-corrected chi connectivity index (χ0v) is 11.9. The van der Waals surface area contributed by atoms with Crippen LogP contribution in [0.3, 0.4) is 0 Å². The lowest BCUT2D eigenvalue weighted by atomic mass is 9.87. The van der Waals surface area contributed by atoms with E-state index >= 15 is 0 Å². The highest BCUT2D eigenvalue weighted by Crippen LogP contribution is 2.33. The highest BCUT2D eigenvalue weighted by molar-refractivity contribution is 5.78. The standard InChI is InChI=1S/C14H25NO4/c1-3-5-13(2,12(16)17)15-11-4-7-19-14(9-11)6-8-18-10-14/h11,15H,3-10H2,1-2H3,(H,16,17). The fourth-order valence-electron chi connectivity index (χ4n) is 3.21. The summed E-state index contributed by atoms with van der Waals surface area (Å²) in [5.74, 6) is -0.766. The average Bonchev–Trinajstić information content (AvgIpc) is 2.77. The van der Waals surface area contributed by atoms with E-state index in [1.54, 1.807) is 6.92 Å². The molecule has 0 bridgehead atoms. The highest BCUT2D eigenvalue weighted by atomic mass is 16.6. The number of nitrogens with one attached hydrogen (secondary N) is 1. The van der Waals surface area contributed by atoms with Crippen LogP contribution in [0.25, 0.3) is 0 Å². The van der Waals surface area contributed by atoms with Crippen molar-refractivity contribution in [1.82, 2.24) is 5.32 Å². The molecular formula is C14H25NO4. The van der Waals surface area contributed by atoms with Crippen molar-refractivity contribution in [3.63, 3.8) is 0 Å². The molecule has 3 unspecified atom stereocenters. The van der Waals surface area contributed by atoms with Gasteiger partial charge in [0.15, 0.2) is 0 Å². The molecule has 0 aromatic rings. The Hall–Kier alpha value is -0.650. The second kappa shape index (κ2) is 5.77. The van der Waals surface area contributed by atoms with Gasteiger partial charge in [0, 0.05) is 25.7 Å². The summed E-state index contributed by atoms with van der Waals surface area (Å²) < 4.78 is 11.3. The molecule has 0 aliphatic carbocycles. The molecule has 0 aromatic heterocycles. The molecule has 19 heavy (non-hydrogen) atoms. The number of hydrogen-bond donors (Lipinski definition) is 2. The largest absolute Gasteiger partial charge is 0.480 e. The van der Waals surface area contributed by atoms with Crippen LogP contribution in [0, 0.1) is 0 Å². The molecule has 2 fully saturated rings. The number of carboxylic acids is 1. The van der Waals surface area contributed by atoms with E-state index in [0.29, 0.717) is 19.6 Å². The van der Waals surface area contributed by atoms with E-state index in [4.69, 9.17) is 9.47 Å². The molecular weight excluding hydrogens is 246 g/mol. The minimum Gasteiger partial charge on any atom is -0.480 e. The molecule has 0 amide bonds. The van der Waals surface area contributed by atoms with Gasteiger partial charge in [0.1, 0.15) is 5.54 Å². The number of aliphatic carboxylic acids is 1. The van der Waals surface area contributed by atoms with Crippen LogP contribution in [0.1, 0.15) is 46.0 Å². The van der Waals surface area contributed by atoms with Gasteiger partial charge < -0.3 is 14.6 Å². The van der Waals surface area contributed by atoms with Gasteiger partial charge in [0.2, 0.25) is 0 Å². The Kier molecular flexibility index (Phi) is 4.48. The smallest absolute Gasteiger partial charge is 0.323 e. The molecule has 2 rings (SSSR count). The van der Waals surface area contributed by atoms with Crippen LogP contribution in [-0.2, 0) is 14.3 Å². The Labute approximate surface area is 114 Å². The lowest BCUT2D eigenvalue weighted by Crippen LogP contribution is -2.57. The van der Waals surface area contributed by atoms with Crippen LogP contribution in [0.5, 0.6) is 0 Å². The summed E-state index contributed by atoms with van der Waals surface area (Å²) in [6, 6.07) is 0.197. The lowest BCUT2D eigenvalue weighted by Gasteiger charge is -2.40. The Morgan fingerprint density at radius 2 is 2.32 bits per heavy atom. The Balaban J connectivity index is 1.99. The van der Waals surface area contributed by atoms with E-state index in [1.807, 2.05) is 6.92 Å². The Bertz CT molecular complexity index is 327. The first-order chi connectivity index (χ1) is 9.00. The fraction of sp³-hybridized carbons (Fsp3) is 0.929. The van der Waals surface area contributed by atoms with Crippen molar-refractivity contribution in [3.8, 4) is 0 Å². The van der Waals surface area contributed by atoms with Crippen LogP contribution in [0.15, 0.2) is 0 Å². The van der Waals surface area contributed by atoms with Crippen LogP contribution < -0.4 is 5.32 Å². The normalized spacial score (nSPS) is 34.3. The summed E-state index contributed by atoms with van der Waals surface area (Å²) in [4.78, 5) is 11.5. The SMILES string of the molecule is CCCC(C)(NC1CCOC2(CCOC2)C1)C(=O)O. The summed E-state index contributed by atoms with van der Waals surface area (Å²) in [6.45, 7) is 5.87. The average molecular weight is 271 g/mol. The molecule has 2 saturated heterocycles. The van der Waals surface area contributed by atoms with Crippen LogP contribution >= 0.6 is 0 Å². The van der Waals surface area contributed by atoms with Crippen LogP contribution in [0.4, 0.5) is 0 Å². The maximum Gasteiger partial charge on any atom is 0.323 e. The Morgan fingerprint density at radius 3 is 2.89 bits per heavy atom. The fourth-order valence-corrected chi connectivity index (χ4v) is 3.21. The number of rotatable bonds is 5. The van der Waals surface area contributed by atoms with Gasteiger partial charge in [0.05, 0.1) is 12.2 Å². The van der Waals surface area contributed by atoms with Gasteiger partial charge in [-0.15, -0.1) is 0 Å². The van der Waals surface area contributed by atoms with Gasteiger partial charge in [-0.1, -0.05) is 13.3 Å². The molecule has 2 N–H and O–H groups in total. The highest BCUT2D eigenvalue weighted by Gasteiger charge is 2.43. The zero-order chi connectivity index (χ0) is 13.9. The molecule has 1 spiro atoms. The van der Waals surface area contributed by atoms with Crippen molar-refractivity contribution >= 4 is 5.97 Å². The monoisotopic (exact) mass is 271 g/mol. The van der Waals surface area contributed by atoms with Crippen molar-refractivity contribution in [2.45, 2.75) is 63.1 Å². The van der Waals surface area contributed by atoms with E-state index in [2.05, 4.69) is 5.32 Å². The van der Waals surface area contributed by atoms with Crippen molar-refractivity contribution in [2.24, 2.45) is 0 Å². The van der Waals surface area contributed by atoms with E-state index in [0.717, 1.165) is 32.3 Å². The van der Waals surface area contributed by atoms with E-state index < -0.39 is 11.5 Å².